The molecule has 1 saturated heterocycles. The molecule has 2 atom stereocenters. The number of ether oxygens (including phenoxy) is 1. The highest BCUT2D eigenvalue weighted by atomic mass is 32.2. The number of hydrogen-bond acceptors (Lipinski definition) is 4. The average Bonchev–Trinajstić information content (AvgIpc) is 2.24. The van der Waals surface area contributed by atoms with Crippen molar-refractivity contribution in [1.82, 2.24) is 9.62 Å². The zero-order valence-electron chi connectivity index (χ0n) is 14.4. The molecule has 0 radical (unpaired) electrons. The van der Waals surface area contributed by atoms with E-state index in [1.165, 1.54) is 0 Å². The van der Waals surface area contributed by atoms with E-state index in [1.807, 2.05) is 48.5 Å². The average molecular weight is 318 g/mol. The van der Waals surface area contributed by atoms with Gasteiger partial charge < -0.3 is 9.29 Å². The van der Waals surface area contributed by atoms with Gasteiger partial charge in [0.25, 0.3) is 0 Å². The molecule has 0 spiro atoms. The minimum Gasteiger partial charge on any atom is -0.598 e. The van der Waals surface area contributed by atoms with E-state index in [2.05, 4.69) is 4.72 Å². The summed E-state index contributed by atoms with van der Waals surface area (Å²) < 4.78 is 20.7. The van der Waals surface area contributed by atoms with Gasteiger partial charge in [0, 0.05) is 17.9 Å². The number of nitrogens with one attached hydrogen (secondary N) is 1. The second kappa shape index (κ2) is 6.34. The van der Waals surface area contributed by atoms with E-state index in [1.54, 1.807) is 4.90 Å². The number of amides is 1. The van der Waals surface area contributed by atoms with Crippen molar-refractivity contribution in [3.8, 4) is 0 Å². The molecule has 21 heavy (non-hydrogen) atoms. The highest BCUT2D eigenvalue weighted by molar-refractivity contribution is 7.90. The zero-order valence-corrected chi connectivity index (χ0v) is 15.2. The molecule has 1 N–H and O–H groups in total. The van der Waals surface area contributed by atoms with Crippen molar-refractivity contribution in [2.75, 3.05) is 6.54 Å². The molecule has 1 rings (SSSR count). The summed E-state index contributed by atoms with van der Waals surface area (Å²) in [6, 6.07) is 0. The van der Waals surface area contributed by atoms with Crippen molar-refractivity contribution in [2.45, 2.75) is 83.7 Å². The van der Waals surface area contributed by atoms with Crippen LogP contribution in [0.25, 0.3) is 0 Å². The van der Waals surface area contributed by atoms with Gasteiger partial charge in [-0.05, 0) is 67.7 Å². The van der Waals surface area contributed by atoms with E-state index in [9.17, 15) is 9.35 Å². The third-order valence-electron chi connectivity index (χ3n) is 3.37. The highest BCUT2D eigenvalue weighted by Gasteiger charge is 2.44. The van der Waals surface area contributed by atoms with E-state index in [0.29, 0.717) is 6.54 Å². The number of carbonyl (C=O) groups excluding carboxylic acids is 1. The monoisotopic (exact) mass is 318 g/mol. The van der Waals surface area contributed by atoms with Crippen LogP contribution in [-0.2, 0) is 16.1 Å². The molecule has 1 amide bonds. The number of rotatable bonds is 2. The van der Waals surface area contributed by atoms with Crippen LogP contribution in [0.2, 0.25) is 0 Å². The van der Waals surface area contributed by atoms with Gasteiger partial charge in [0.1, 0.15) is 16.0 Å². The molecule has 1 fully saturated rings. The summed E-state index contributed by atoms with van der Waals surface area (Å²) in [4.78, 5) is 14.1. The van der Waals surface area contributed by atoms with Crippen LogP contribution < -0.4 is 4.72 Å². The Bertz CT molecular complexity index is 376. The summed E-state index contributed by atoms with van der Waals surface area (Å²) in [5.74, 6) is 0. The Hall–Kier alpha value is -0.460. The van der Waals surface area contributed by atoms with Gasteiger partial charge in [-0.3, -0.25) is 4.90 Å². The summed E-state index contributed by atoms with van der Waals surface area (Å²) in [5.41, 5.74) is -1.16. The maximum Gasteiger partial charge on any atom is 0.411 e. The topological polar surface area (TPSA) is 64.6 Å². The first kappa shape index (κ1) is 18.6. The van der Waals surface area contributed by atoms with E-state index in [-0.39, 0.29) is 10.8 Å². The van der Waals surface area contributed by atoms with Crippen molar-refractivity contribution >= 4 is 17.5 Å². The normalized spacial score (nSPS) is 25.6. The Morgan fingerprint density at radius 2 is 1.81 bits per heavy atom. The fraction of sp³-hybridized carbons (Fsp3) is 0.933. The molecule has 0 bridgehead atoms. The molecule has 2 unspecified atom stereocenters. The third-order valence-corrected chi connectivity index (χ3v) is 5.11. The van der Waals surface area contributed by atoms with E-state index in [4.69, 9.17) is 4.74 Å². The summed E-state index contributed by atoms with van der Waals surface area (Å²) in [6.07, 6.45) is 2.37. The van der Waals surface area contributed by atoms with E-state index < -0.39 is 22.6 Å². The van der Waals surface area contributed by atoms with Crippen LogP contribution in [0.4, 0.5) is 4.79 Å². The van der Waals surface area contributed by atoms with Crippen LogP contribution in [0, 0.1) is 0 Å². The molecule has 1 aliphatic rings. The quantitative estimate of drug-likeness (QED) is 0.794. The number of likely N-dealkylation sites (tertiary alicyclic amines) is 1. The number of piperidine rings is 1. The smallest absolute Gasteiger partial charge is 0.411 e. The van der Waals surface area contributed by atoms with Crippen LogP contribution in [0.15, 0.2) is 0 Å². The summed E-state index contributed by atoms with van der Waals surface area (Å²) >= 11 is -1.23. The predicted molar refractivity (Wildman–Crippen MR) is 86.2 cm³/mol. The fourth-order valence-electron chi connectivity index (χ4n) is 2.19. The van der Waals surface area contributed by atoms with Gasteiger partial charge in [0.2, 0.25) is 0 Å². The van der Waals surface area contributed by atoms with Crippen molar-refractivity contribution in [3.63, 3.8) is 0 Å². The molecule has 124 valence electrons. The van der Waals surface area contributed by atoms with Crippen LogP contribution in [0.5, 0.6) is 0 Å². The zero-order chi connectivity index (χ0) is 16.5. The minimum atomic E-state index is -1.23. The Balaban J connectivity index is 2.87. The van der Waals surface area contributed by atoms with Gasteiger partial charge in [-0.25, -0.2) is 4.79 Å². The first-order valence-corrected chi connectivity index (χ1v) is 8.70. The Labute approximate surface area is 132 Å². The number of nitrogens with zero attached hydrogens (tertiary/aromatic N) is 1. The van der Waals surface area contributed by atoms with Gasteiger partial charge in [0.05, 0.1) is 0 Å². The number of hydrogen-bond donors (Lipinski definition) is 1. The molecular formula is C15H30N2O3S. The first-order valence-electron chi connectivity index (χ1n) is 7.55. The fourth-order valence-corrected chi connectivity index (χ4v) is 3.11. The standard InChI is InChI=1S/C15H30N2O3S/c1-13(2,3)20-12(18)17-11-9-8-10-15(17,7)16-21(19)14(4,5)6/h16H,8-11H2,1-7H3. The lowest BCUT2D eigenvalue weighted by Gasteiger charge is -2.45. The van der Waals surface area contributed by atoms with Crippen LogP contribution >= 0.6 is 0 Å². The molecule has 0 saturated carbocycles. The molecule has 1 heterocycles. The minimum absolute atomic E-state index is 0.344. The Morgan fingerprint density at radius 1 is 1.24 bits per heavy atom. The molecule has 5 nitrogen and oxygen atoms in total. The van der Waals surface area contributed by atoms with Crippen molar-refractivity contribution in [3.05, 3.63) is 0 Å². The molecule has 1 aliphatic heterocycles. The van der Waals surface area contributed by atoms with Crippen molar-refractivity contribution in [2.24, 2.45) is 0 Å². The molecule has 0 aliphatic carbocycles. The van der Waals surface area contributed by atoms with Crippen molar-refractivity contribution in [1.29, 1.82) is 0 Å². The first-order chi connectivity index (χ1) is 9.35. The summed E-state index contributed by atoms with van der Waals surface area (Å²) in [5, 5.41) is 0. The lowest BCUT2D eigenvalue weighted by Crippen LogP contribution is -2.64. The van der Waals surface area contributed by atoms with Crippen LogP contribution in [0.3, 0.4) is 0 Å². The third kappa shape index (κ3) is 5.34. The van der Waals surface area contributed by atoms with E-state index >= 15 is 0 Å². The second-order valence-corrected chi connectivity index (χ2v) is 9.81. The Kier molecular flexibility index (Phi) is 5.61. The molecular weight excluding hydrogens is 288 g/mol. The highest BCUT2D eigenvalue weighted by Crippen LogP contribution is 2.30. The van der Waals surface area contributed by atoms with Crippen LogP contribution in [0.1, 0.15) is 67.7 Å². The van der Waals surface area contributed by atoms with Gasteiger partial charge in [-0.2, -0.15) is 0 Å². The summed E-state index contributed by atoms with van der Waals surface area (Å²) in [6.45, 7) is 13.9. The predicted octanol–water partition coefficient (Wildman–Crippen LogP) is 3.18. The molecule has 6 heteroatoms. The van der Waals surface area contributed by atoms with Gasteiger partial charge in [-0.15, -0.1) is 4.72 Å². The maximum absolute atomic E-state index is 12.4. The maximum atomic E-state index is 12.4. The lowest BCUT2D eigenvalue weighted by atomic mass is 9.98. The number of carbonyl (C=O) groups is 1. The molecule has 0 aromatic rings. The molecule has 0 aromatic carbocycles. The van der Waals surface area contributed by atoms with Crippen molar-refractivity contribution < 1.29 is 14.1 Å². The largest absolute Gasteiger partial charge is 0.598 e. The van der Waals surface area contributed by atoms with Gasteiger partial charge in [0.15, 0.2) is 0 Å². The van der Waals surface area contributed by atoms with Crippen LogP contribution in [-0.4, -0.2) is 38.1 Å². The summed E-state index contributed by atoms with van der Waals surface area (Å²) in [7, 11) is 0. The van der Waals surface area contributed by atoms with Gasteiger partial charge >= 0.3 is 6.09 Å². The second-order valence-electron chi connectivity index (χ2n) is 7.85. The van der Waals surface area contributed by atoms with E-state index in [0.717, 1.165) is 19.3 Å². The lowest BCUT2D eigenvalue weighted by molar-refractivity contribution is -0.0141. The Morgan fingerprint density at radius 3 is 2.29 bits per heavy atom. The molecule has 0 aromatic heterocycles. The SMILES string of the molecule is CC(C)(C)OC(=O)N1CCCCC1(C)N[S+]([O-])C(C)(C)C. The van der Waals surface area contributed by atoms with Gasteiger partial charge in [-0.1, -0.05) is 0 Å².